The molecule has 0 fully saturated rings. The van der Waals surface area contributed by atoms with Crippen LogP contribution < -0.4 is 10.6 Å². The molecule has 0 saturated carbocycles. The Hall–Kier alpha value is -1.84. The molecule has 0 aromatic heterocycles. The lowest BCUT2D eigenvalue weighted by Crippen LogP contribution is -2.32. The minimum atomic E-state index is -0.244. The van der Waals surface area contributed by atoms with Gasteiger partial charge in [0, 0.05) is 13.1 Å². The molecule has 2 amide bonds. The van der Waals surface area contributed by atoms with E-state index in [9.17, 15) is 9.59 Å². The summed E-state index contributed by atoms with van der Waals surface area (Å²) in [5.74, 6) is -0.467. The first kappa shape index (κ1) is 14.2. The van der Waals surface area contributed by atoms with Gasteiger partial charge in [0.2, 0.25) is 11.8 Å². The summed E-state index contributed by atoms with van der Waals surface area (Å²) in [5, 5.41) is 5.42. The summed E-state index contributed by atoms with van der Waals surface area (Å²) in [5.41, 5.74) is 2.20. The van der Waals surface area contributed by atoms with Gasteiger partial charge in [0.05, 0.1) is 0 Å². The molecule has 1 rings (SSSR count). The smallest absolute Gasteiger partial charge is 0.229 e. The van der Waals surface area contributed by atoms with Gasteiger partial charge in [-0.05, 0) is 24.5 Å². The number of hydrogen-bond donors (Lipinski definition) is 2. The summed E-state index contributed by atoms with van der Waals surface area (Å²) in [6.45, 7) is 5.05. The highest BCUT2D eigenvalue weighted by Crippen LogP contribution is 2.05. The molecule has 98 valence electrons. The average molecular weight is 248 g/mol. The second-order valence-electron chi connectivity index (χ2n) is 4.23. The standard InChI is InChI=1S/C14H20N2O2/c1-3-8-15-13(17)9-14(18)16-10-12-7-5-4-6-11(12)2/h4-7H,3,8-10H2,1-2H3,(H,15,17)(H,16,18). The van der Waals surface area contributed by atoms with Gasteiger partial charge in [-0.15, -0.1) is 0 Å². The Balaban J connectivity index is 2.33. The molecule has 0 heterocycles. The van der Waals surface area contributed by atoms with Crippen molar-refractivity contribution in [2.75, 3.05) is 6.54 Å². The highest BCUT2D eigenvalue weighted by Gasteiger charge is 2.08. The number of benzene rings is 1. The van der Waals surface area contributed by atoms with Gasteiger partial charge in [0.15, 0.2) is 0 Å². The van der Waals surface area contributed by atoms with Crippen LogP contribution in [0.4, 0.5) is 0 Å². The van der Waals surface area contributed by atoms with Crippen LogP contribution in [0.2, 0.25) is 0 Å². The third-order valence-corrected chi connectivity index (χ3v) is 2.63. The van der Waals surface area contributed by atoms with Gasteiger partial charge in [-0.25, -0.2) is 0 Å². The van der Waals surface area contributed by atoms with Crippen molar-refractivity contribution in [3.63, 3.8) is 0 Å². The molecule has 18 heavy (non-hydrogen) atoms. The fourth-order valence-corrected chi connectivity index (χ4v) is 1.54. The van der Waals surface area contributed by atoms with Gasteiger partial charge in [0.1, 0.15) is 6.42 Å². The molecule has 1 aromatic rings. The van der Waals surface area contributed by atoms with E-state index in [0.717, 1.165) is 17.5 Å². The molecule has 4 heteroatoms. The monoisotopic (exact) mass is 248 g/mol. The predicted octanol–water partition coefficient (Wildman–Crippen LogP) is 1.53. The van der Waals surface area contributed by atoms with Gasteiger partial charge in [-0.1, -0.05) is 31.2 Å². The van der Waals surface area contributed by atoms with Gasteiger partial charge >= 0.3 is 0 Å². The van der Waals surface area contributed by atoms with Crippen molar-refractivity contribution < 1.29 is 9.59 Å². The zero-order valence-electron chi connectivity index (χ0n) is 11.0. The maximum Gasteiger partial charge on any atom is 0.229 e. The second kappa shape index (κ2) is 7.48. The largest absolute Gasteiger partial charge is 0.356 e. The van der Waals surface area contributed by atoms with Crippen LogP contribution in [0, 0.1) is 6.92 Å². The Labute approximate surface area is 108 Å². The van der Waals surface area contributed by atoms with E-state index in [1.54, 1.807) is 0 Å². The van der Waals surface area contributed by atoms with E-state index in [0.29, 0.717) is 13.1 Å². The molecule has 0 unspecified atom stereocenters. The summed E-state index contributed by atoms with van der Waals surface area (Å²) in [6.07, 6.45) is 0.766. The van der Waals surface area contributed by atoms with Crippen LogP contribution >= 0.6 is 0 Å². The molecule has 0 saturated heterocycles. The third kappa shape index (κ3) is 4.99. The molecule has 1 aromatic carbocycles. The van der Waals surface area contributed by atoms with E-state index in [1.807, 2.05) is 38.1 Å². The van der Waals surface area contributed by atoms with E-state index in [-0.39, 0.29) is 18.2 Å². The lowest BCUT2D eigenvalue weighted by atomic mass is 10.1. The zero-order chi connectivity index (χ0) is 13.4. The van der Waals surface area contributed by atoms with Crippen LogP contribution in [0.25, 0.3) is 0 Å². The molecule has 0 atom stereocenters. The fourth-order valence-electron chi connectivity index (χ4n) is 1.54. The quantitative estimate of drug-likeness (QED) is 0.750. The van der Waals surface area contributed by atoms with Gasteiger partial charge in [0.25, 0.3) is 0 Å². The second-order valence-corrected chi connectivity index (χ2v) is 4.23. The van der Waals surface area contributed by atoms with Crippen LogP contribution in [0.15, 0.2) is 24.3 Å². The minimum absolute atomic E-state index is 0.105. The highest BCUT2D eigenvalue weighted by molar-refractivity contribution is 5.96. The Bertz CT molecular complexity index is 416. The summed E-state index contributed by atoms with van der Waals surface area (Å²) >= 11 is 0. The fraction of sp³-hybridized carbons (Fsp3) is 0.429. The first-order valence-corrected chi connectivity index (χ1v) is 6.21. The molecule has 0 aliphatic carbocycles. The van der Waals surface area contributed by atoms with Gasteiger partial charge < -0.3 is 10.6 Å². The number of carbonyl (C=O) groups excluding carboxylic acids is 2. The van der Waals surface area contributed by atoms with Crippen molar-refractivity contribution in [3.05, 3.63) is 35.4 Å². The number of aryl methyl sites for hydroxylation is 1. The first-order valence-electron chi connectivity index (χ1n) is 6.21. The summed E-state index contributed by atoms with van der Waals surface area (Å²) in [4.78, 5) is 22.8. The van der Waals surface area contributed by atoms with Crippen LogP contribution in [0.1, 0.15) is 30.9 Å². The summed E-state index contributed by atoms with van der Waals surface area (Å²) in [6, 6.07) is 7.85. The van der Waals surface area contributed by atoms with Crippen molar-refractivity contribution in [2.24, 2.45) is 0 Å². The van der Waals surface area contributed by atoms with Crippen LogP contribution in [-0.2, 0) is 16.1 Å². The van der Waals surface area contributed by atoms with E-state index in [4.69, 9.17) is 0 Å². The molecular formula is C14H20N2O2. The average Bonchev–Trinajstić information content (AvgIpc) is 2.35. The van der Waals surface area contributed by atoms with E-state index in [1.165, 1.54) is 0 Å². The SMILES string of the molecule is CCCNC(=O)CC(=O)NCc1ccccc1C. The lowest BCUT2D eigenvalue weighted by molar-refractivity contribution is -0.129. The Morgan fingerprint density at radius 3 is 2.44 bits per heavy atom. The number of rotatable bonds is 6. The molecule has 0 aliphatic heterocycles. The van der Waals surface area contributed by atoms with E-state index >= 15 is 0 Å². The Morgan fingerprint density at radius 1 is 1.11 bits per heavy atom. The lowest BCUT2D eigenvalue weighted by Gasteiger charge is -2.08. The molecule has 4 nitrogen and oxygen atoms in total. The molecule has 2 N–H and O–H groups in total. The van der Waals surface area contributed by atoms with Crippen LogP contribution in [-0.4, -0.2) is 18.4 Å². The highest BCUT2D eigenvalue weighted by atomic mass is 16.2. The van der Waals surface area contributed by atoms with Gasteiger partial charge in [-0.2, -0.15) is 0 Å². The van der Waals surface area contributed by atoms with E-state index < -0.39 is 0 Å². The first-order chi connectivity index (χ1) is 8.63. The maximum atomic E-state index is 11.5. The van der Waals surface area contributed by atoms with Crippen molar-refractivity contribution in [1.82, 2.24) is 10.6 Å². The summed E-state index contributed by atoms with van der Waals surface area (Å²) < 4.78 is 0. The van der Waals surface area contributed by atoms with Gasteiger partial charge in [-0.3, -0.25) is 9.59 Å². The molecule has 0 spiro atoms. The van der Waals surface area contributed by atoms with Crippen molar-refractivity contribution in [3.8, 4) is 0 Å². The molecule has 0 radical (unpaired) electrons. The maximum absolute atomic E-state index is 11.5. The third-order valence-electron chi connectivity index (χ3n) is 2.63. The Kier molecular flexibility index (Phi) is 5.91. The topological polar surface area (TPSA) is 58.2 Å². The molecular weight excluding hydrogens is 228 g/mol. The minimum Gasteiger partial charge on any atom is -0.356 e. The molecule has 0 bridgehead atoms. The number of carbonyl (C=O) groups is 2. The van der Waals surface area contributed by atoms with Crippen molar-refractivity contribution >= 4 is 11.8 Å². The van der Waals surface area contributed by atoms with Crippen molar-refractivity contribution in [1.29, 1.82) is 0 Å². The predicted molar refractivity (Wildman–Crippen MR) is 70.9 cm³/mol. The number of amides is 2. The number of nitrogens with one attached hydrogen (secondary N) is 2. The molecule has 0 aliphatic rings. The zero-order valence-corrected chi connectivity index (χ0v) is 11.0. The Morgan fingerprint density at radius 2 is 1.78 bits per heavy atom. The van der Waals surface area contributed by atoms with E-state index in [2.05, 4.69) is 10.6 Å². The summed E-state index contributed by atoms with van der Waals surface area (Å²) in [7, 11) is 0. The normalized spacial score (nSPS) is 9.89. The number of hydrogen-bond acceptors (Lipinski definition) is 2. The van der Waals surface area contributed by atoms with Crippen LogP contribution in [0.5, 0.6) is 0 Å². The van der Waals surface area contributed by atoms with Crippen LogP contribution in [0.3, 0.4) is 0 Å². The van der Waals surface area contributed by atoms with Crippen molar-refractivity contribution in [2.45, 2.75) is 33.2 Å².